The molecule has 0 aliphatic carbocycles. The van der Waals surface area contributed by atoms with Gasteiger partial charge < -0.3 is 10.1 Å². The summed E-state index contributed by atoms with van der Waals surface area (Å²) in [6.45, 7) is 4.20. The van der Waals surface area contributed by atoms with Crippen molar-refractivity contribution in [3.8, 4) is 5.75 Å². The van der Waals surface area contributed by atoms with E-state index in [1.165, 1.54) is 16.7 Å². The van der Waals surface area contributed by atoms with E-state index < -0.39 is 0 Å². The van der Waals surface area contributed by atoms with Crippen molar-refractivity contribution < 1.29 is 4.74 Å². The Morgan fingerprint density at radius 2 is 1.76 bits per heavy atom. The minimum absolute atomic E-state index is 0.0612. The summed E-state index contributed by atoms with van der Waals surface area (Å²) in [6.07, 6.45) is 0. The predicted octanol–water partition coefficient (Wildman–Crippen LogP) is 5.15. The molecule has 0 saturated heterocycles. The standard InChI is InChI=1S/C17H19Br2NO/c1-10-5-7-13(17(21-4)11(10)2)16(20-3)14-9-12(18)6-8-15(14)19/h5-9,16,20H,1-4H3. The maximum absolute atomic E-state index is 5.66. The molecule has 0 aromatic heterocycles. The zero-order valence-electron chi connectivity index (χ0n) is 12.6. The first-order valence-electron chi connectivity index (χ1n) is 6.76. The van der Waals surface area contributed by atoms with Gasteiger partial charge >= 0.3 is 0 Å². The number of benzene rings is 2. The number of nitrogens with one attached hydrogen (secondary N) is 1. The minimum Gasteiger partial charge on any atom is -0.496 e. The first-order valence-corrected chi connectivity index (χ1v) is 8.34. The summed E-state index contributed by atoms with van der Waals surface area (Å²) < 4.78 is 7.80. The monoisotopic (exact) mass is 411 g/mol. The summed E-state index contributed by atoms with van der Waals surface area (Å²) in [5, 5.41) is 3.39. The number of hydrogen-bond donors (Lipinski definition) is 1. The first-order chi connectivity index (χ1) is 9.99. The Morgan fingerprint density at radius 3 is 2.38 bits per heavy atom. The molecule has 0 radical (unpaired) electrons. The molecule has 2 aromatic carbocycles. The first kappa shape index (κ1) is 16.5. The van der Waals surface area contributed by atoms with Crippen LogP contribution in [0.4, 0.5) is 0 Å². The normalized spacial score (nSPS) is 12.3. The SMILES string of the molecule is CNC(c1cc(Br)ccc1Br)c1ccc(C)c(C)c1OC. The van der Waals surface area contributed by atoms with Crippen LogP contribution in [-0.4, -0.2) is 14.2 Å². The fourth-order valence-electron chi connectivity index (χ4n) is 2.52. The fraction of sp³-hybridized carbons (Fsp3) is 0.294. The van der Waals surface area contributed by atoms with E-state index in [0.29, 0.717) is 0 Å². The molecule has 1 atom stereocenters. The number of aryl methyl sites for hydroxylation is 1. The van der Waals surface area contributed by atoms with E-state index in [9.17, 15) is 0 Å². The Hall–Kier alpha value is -0.840. The van der Waals surface area contributed by atoms with E-state index in [2.05, 4.69) is 75.3 Å². The van der Waals surface area contributed by atoms with Gasteiger partial charge in [0.05, 0.1) is 13.2 Å². The molecular weight excluding hydrogens is 394 g/mol. The van der Waals surface area contributed by atoms with Gasteiger partial charge in [-0.2, -0.15) is 0 Å². The Bertz CT molecular complexity index is 655. The second-order valence-electron chi connectivity index (χ2n) is 5.02. The van der Waals surface area contributed by atoms with Crippen molar-refractivity contribution in [1.82, 2.24) is 5.32 Å². The average Bonchev–Trinajstić information content (AvgIpc) is 2.47. The Kier molecular flexibility index (Phi) is 5.47. The molecular formula is C17H19Br2NO. The van der Waals surface area contributed by atoms with Gasteiger partial charge in [-0.3, -0.25) is 0 Å². The van der Waals surface area contributed by atoms with E-state index in [0.717, 1.165) is 20.3 Å². The van der Waals surface area contributed by atoms with Crippen LogP contribution in [0.25, 0.3) is 0 Å². The molecule has 0 fully saturated rings. The van der Waals surface area contributed by atoms with Crippen LogP contribution in [0.2, 0.25) is 0 Å². The molecule has 0 heterocycles. The zero-order valence-corrected chi connectivity index (χ0v) is 15.8. The van der Waals surface area contributed by atoms with E-state index in [-0.39, 0.29) is 6.04 Å². The Morgan fingerprint density at radius 1 is 1.05 bits per heavy atom. The highest BCUT2D eigenvalue weighted by atomic mass is 79.9. The van der Waals surface area contributed by atoms with Crippen LogP contribution >= 0.6 is 31.9 Å². The number of hydrogen-bond acceptors (Lipinski definition) is 2. The highest BCUT2D eigenvalue weighted by molar-refractivity contribution is 9.11. The summed E-state index contributed by atoms with van der Waals surface area (Å²) in [5.74, 6) is 0.946. The van der Waals surface area contributed by atoms with Crippen LogP contribution in [0.15, 0.2) is 39.3 Å². The topological polar surface area (TPSA) is 21.3 Å². The lowest BCUT2D eigenvalue weighted by atomic mass is 9.94. The van der Waals surface area contributed by atoms with Gasteiger partial charge in [0.2, 0.25) is 0 Å². The summed E-state index contributed by atoms with van der Waals surface area (Å²) in [4.78, 5) is 0. The fourth-order valence-corrected chi connectivity index (χ4v) is 3.38. The molecule has 0 bridgehead atoms. The maximum Gasteiger partial charge on any atom is 0.127 e. The van der Waals surface area contributed by atoms with Crippen molar-refractivity contribution in [2.45, 2.75) is 19.9 Å². The molecule has 1 N–H and O–H groups in total. The van der Waals surface area contributed by atoms with Gasteiger partial charge in [0.25, 0.3) is 0 Å². The third kappa shape index (κ3) is 3.33. The zero-order chi connectivity index (χ0) is 15.6. The molecule has 1 unspecified atom stereocenters. The summed E-state index contributed by atoms with van der Waals surface area (Å²) >= 11 is 7.20. The van der Waals surface area contributed by atoms with E-state index in [1.807, 2.05) is 13.1 Å². The highest BCUT2D eigenvalue weighted by Gasteiger charge is 2.21. The minimum atomic E-state index is 0.0612. The lowest BCUT2D eigenvalue weighted by molar-refractivity contribution is 0.402. The molecule has 0 aliphatic heterocycles. The quantitative estimate of drug-likeness (QED) is 0.749. The molecule has 0 aliphatic rings. The van der Waals surface area contributed by atoms with Gasteiger partial charge in [0.15, 0.2) is 0 Å². The van der Waals surface area contributed by atoms with E-state index >= 15 is 0 Å². The summed E-state index contributed by atoms with van der Waals surface area (Å²) in [7, 11) is 3.70. The summed E-state index contributed by atoms with van der Waals surface area (Å²) in [6, 6.07) is 10.5. The van der Waals surface area contributed by atoms with Gasteiger partial charge in [-0.05, 0) is 55.8 Å². The number of rotatable bonds is 4. The van der Waals surface area contributed by atoms with Crippen LogP contribution in [0.3, 0.4) is 0 Å². The van der Waals surface area contributed by atoms with Crippen LogP contribution in [-0.2, 0) is 0 Å². The smallest absolute Gasteiger partial charge is 0.127 e. The van der Waals surface area contributed by atoms with Crippen molar-refractivity contribution in [2.24, 2.45) is 0 Å². The third-order valence-corrected chi connectivity index (χ3v) is 5.00. The van der Waals surface area contributed by atoms with Gasteiger partial charge in [0, 0.05) is 14.5 Å². The molecule has 21 heavy (non-hydrogen) atoms. The number of ether oxygens (including phenoxy) is 1. The Balaban J connectivity index is 2.62. The number of methoxy groups -OCH3 is 1. The van der Waals surface area contributed by atoms with Crippen LogP contribution in [0.5, 0.6) is 5.75 Å². The Labute approximate surface area is 143 Å². The van der Waals surface area contributed by atoms with E-state index in [1.54, 1.807) is 7.11 Å². The van der Waals surface area contributed by atoms with Crippen molar-refractivity contribution in [2.75, 3.05) is 14.2 Å². The molecule has 0 amide bonds. The molecule has 0 spiro atoms. The van der Waals surface area contributed by atoms with Crippen LogP contribution < -0.4 is 10.1 Å². The predicted molar refractivity (Wildman–Crippen MR) is 95.2 cm³/mol. The van der Waals surface area contributed by atoms with Gasteiger partial charge in [-0.1, -0.05) is 44.0 Å². The largest absolute Gasteiger partial charge is 0.496 e. The second-order valence-corrected chi connectivity index (χ2v) is 6.79. The molecule has 112 valence electrons. The molecule has 2 nitrogen and oxygen atoms in total. The second kappa shape index (κ2) is 6.95. The molecule has 2 aromatic rings. The van der Waals surface area contributed by atoms with Crippen molar-refractivity contribution >= 4 is 31.9 Å². The van der Waals surface area contributed by atoms with Crippen molar-refractivity contribution in [1.29, 1.82) is 0 Å². The lowest BCUT2D eigenvalue weighted by Crippen LogP contribution is -2.19. The third-order valence-electron chi connectivity index (χ3n) is 3.78. The van der Waals surface area contributed by atoms with Crippen LogP contribution in [0.1, 0.15) is 28.3 Å². The highest BCUT2D eigenvalue weighted by Crippen LogP contribution is 2.37. The van der Waals surface area contributed by atoms with Gasteiger partial charge in [-0.15, -0.1) is 0 Å². The number of halogens is 2. The van der Waals surface area contributed by atoms with Crippen LogP contribution in [0, 0.1) is 13.8 Å². The van der Waals surface area contributed by atoms with Crippen molar-refractivity contribution in [3.05, 3.63) is 61.5 Å². The maximum atomic E-state index is 5.66. The van der Waals surface area contributed by atoms with Crippen molar-refractivity contribution in [3.63, 3.8) is 0 Å². The average molecular weight is 413 g/mol. The molecule has 2 rings (SSSR count). The van der Waals surface area contributed by atoms with Gasteiger partial charge in [-0.25, -0.2) is 0 Å². The summed E-state index contributed by atoms with van der Waals surface area (Å²) in [5.41, 5.74) is 4.73. The van der Waals surface area contributed by atoms with E-state index in [4.69, 9.17) is 4.74 Å². The molecule has 4 heteroatoms. The lowest BCUT2D eigenvalue weighted by Gasteiger charge is -2.23. The van der Waals surface area contributed by atoms with Gasteiger partial charge in [0.1, 0.15) is 5.75 Å². The molecule has 0 saturated carbocycles.